The third-order valence-electron chi connectivity index (χ3n) is 2.37. The van der Waals surface area contributed by atoms with Crippen molar-refractivity contribution in [1.82, 2.24) is 10.6 Å². The van der Waals surface area contributed by atoms with Crippen molar-refractivity contribution in [2.24, 2.45) is 0 Å². The predicted molar refractivity (Wildman–Crippen MR) is 56.9 cm³/mol. The molecule has 1 saturated heterocycles. The summed E-state index contributed by atoms with van der Waals surface area (Å²) in [5.74, 6) is 2.47. The average molecular weight is 188 g/mol. The molecule has 3 heteroatoms. The van der Waals surface area contributed by atoms with Crippen LogP contribution in [0, 0.1) is 0 Å². The summed E-state index contributed by atoms with van der Waals surface area (Å²) in [6, 6.07) is 0. The first kappa shape index (κ1) is 10.4. The molecule has 1 heterocycles. The lowest BCUT2D eigenvalue weighted by atomic mass is 10.0. The maximum absolute atomic E-state index is 3.61. The minimum absolute atomic E-state index is 0.369. The van der Waals surface area contributed by atoms with Gasteiger partial charge in [0, 0.05) is 24.4 Å². The predicted octanol–water partition coefficient (Wildman–Crippen LogP) is 1.08. The van der Waals surface area contributed by atoms with Crippen molar-refractivity contribution in [3.63, 3.8) is 0 Å². The third-order valence-corrected chi connectivity index (χ3v) is 3.27. The molecule has 2 N–H and O–H groups in total. The van der Waals surface area contributed by atoms with Crippen molar-refractivity contribution in [2.75, 3.05) is 31.1 Å². The van der Waals surface area contributed by atoms with Crippen molar-refractivity contribution in [1.29, 1.82) is 0 Å². The minimum Gasteiger partial charge on any atom is -0.315 e. The van der Waals surface area contributed by atoms with E-state index in [1.807, 2.05) is 11.8 Å². The van der Waals surface area contributed by atoms with E-state index in [-0.39, 0.29) is 0 Å². The first-order valence-corrected chi connectivity index (χ1v) is 5.96. The minimum atomic E-state index is 0.369. The Kier molecular flexibility index (Phi) is 4.40. The van der Waals surface area contributed by atoms with Crippen molar-refractivity contribution in [3.8, 4) is 0 Å². The zero-order valence-electron chi connectivity index (χ0n) is 8.15. The van der Waals surface area contributed by atoms with E-state index in [1.165, 1.54) is 24.5 Å². The molecule has 0 aromatic heterocycles. The van der Waals surface area contributed by atoms with Crippen LogP contribution in [0.1, 0.15) is 20.3 Å². The van der Waals surface area contributed by atoms with Gasteiger partial charge >= 0.3 is 0 Å². The number of hydrogen-bond acceptors (Lipinski definition) is 3. The molecule has 2 nitrogen and oxygen atoms in total. The molecule has 1 aliphatic rings. The van der Waals surface area contributed by atoms with E-state index in [0.29, 0.717) is 5.54 Å². The highest BCUT2D eigenvalue weighted by Gasteiger charge is 2.26. The molecule has 1 aliphatic heterocycles. The van der Waals surface area contributed by atoms with E-state index in [4.69, 9.17) is 0 Å². The molecule has 0 aromatic carbocycles. The van der Waals surface area contributed by atoms with Gasteiger partial charge in [-0.25, -0.2) is 0 Å². The summed E-state index contributed by atoms with van der Waals surface area (Å²) in [5, 5.41) is 6.99. The Morgan fingerprint density at radius 3 is 3.00 bits per heavy atom. The monoisotopic (exact) mass is 188 g/mol. The van der Waals surface area contributed by atoms with Crippen molar-refractivity contribution >= 4 is 11.8 Å². The molecule has 1 unspecified atom stereocenters. The van der Waals surface area contributed by atoms with Gasteiger partial charge in [-0.15, -0.1) is 0 Å². The lowest BCUT2D eigenvalue weighted by Crippen LogP contribution is -2.45. The molecule has 1 atom stereocenters. The van der Waals surface area contributed by atoms with E-state index in [2.05, 4.69) is 24.5 Å². The first-order valence-electron chi connectivity index (χ1n) is 4.80. The summed E-state index contributed by atoms with van der Waals surface area (Å²) >= 11 is 2.01. The average Bonchev–Trinajstić information content (AvgIpc) is 2.47. The Labute approximate surface area is 79.9 Å². The van der Waals surface area contributed by atoms with Gasteiger partial charge in [0.25, 0.3) is 0 Å². The van der Waals surface area contributed by atoms with Gasteiger partial charge in [-0.1, -0.05) is 6.92 Å². The van der Waals surface area contributed by atoms with Crippen molar-refractivity contribution in [3.05, 3.63) is 0 Å². The number of nitrogens with one attached hydrogen (secondary N) is 2. The van der Waals surface area contributed by atoms with Crippen LogP contribution in [0.25, 0.3) is 0 Å². The first-order chi connectivity index (χ1) is 5.77. The molecule has 72 valence electrons. The Hall–Kier alpha value is 0.270. The Morgan fingerprint density at radius 1 is 1.58 bits per heavy atom. The van der Waals surface area contributed by atoms with Crippen LogP contribution in [0.2, 0.25) is 0 Å². The lowest BCUT2D eigenvalue weighted by molar-refractivity contribution is 0.400. The van der Waals surface area contributed by atoms with E-state index in [9.17, 15) is 0 Å². The van der Waals surface area contributed by atoms with Crippen LogP contribution in [0.3, 0.4) is 0 Å². The van der Waals surface area contributed by atoms with Crippen LogP contribution >= 0.6 is 11.8 Å². The summed E-state index contributed by atoms with van der Waals surface area (Å²) in [4.78, 5) is 0. The lowest BCUT2D eigenvalue weighted by Gasteiger charge is -2.24. The molecule has 12 heavy (non-hydrogen) atoms. The maximum Gasteiger partial charge on any atom is 0.0290 e. The van der Waals surface area contributed by atoms with Gasteiger partial charge in [0.1, 0.15) is 0 Å². The zero-order chi connectivity index (χ0) is 8.86. The molecule has 0 radical (unpaired) electrons. The van der Waals surface area contributed by atoms with E-state index in [1.54, 1.807) is 0 Å². The molecule has 0 saturated carbocycles. The molecule has 0 spiro atoms. The molecular formula is C9H20N2S. The number of rotatable bonds is 5. The third kappa shape index (κ3) is 3.33. The van der Waals surface area contributed by atoms with E-state index in [0.717, 1.165) is 13.1 Å². The number of hydrogen-bond donors (Lipinski definition) is 2. The fourth-order valence-electron chi connectivity index (χ4n) is 1.54. The molecule has 1 fully saturated rings. The van der Waals surface area contributed by atoms with Gasteiger partial charge in [0.2, 0.25) is 0 Å². The SMILES string of the molecule is CCSCCNC1(C)CCNC1. The second-order valence-electron chi connectivity index (χ2n) is 3.61. The van der Waals surface area contributed by atoms with Gasteiger partial charge in [-0.2, -0.15) is 11.8 Å². The number of thioether (sulfide) groups is 1. The quantitative estimate of drug-likeness (QED) is 0.631. The highest BCUT2D eigenvalue weighted by atomic mass is 32.2. The molecule has 0 aromatic rings. The van der Waals surface area contributed by atoms with Gasteiger partial charge in [0.05, 0.1) is 0 Å². The van der Waals surface area contributed by atoms with Gasteiger partial charge in [-0.05, 0) is 25.6 Å². The summed E-state index contributed by atoms with van der Waals surface area (Å²) in [5.41, 5.74) is 0.369. The Bertz CT molecular complexity index is 122. The molecular weight excluding hydrogens is 168 g/mol. The Balaban J connectivity index is 2.05. The van der Waals surface area contributed by atoms with Gasteiger partial charge in [-0.3, -0.25) is 0 Å². The topological polar surface area (TPSA) is 24.1 Å². The van der Waals surface area contributed by atoms with Crippen LogP contribution in [0.4, 0.5) is 0 Å². The summed E-state index contributed by atoms with van der Waals surface area (Å²) in [6.45, 7) is 7.97. The summed E-state index contributed by atoms with van der Waals surface area (Å²) < 4.78 is 0. The van der Waals surface area contributed by atoms with E-state index >= 15 is 0 Å². The van der Waals surface area contributed by atoms with Crippen molar-refractivity contribution < 1.29 is 0 Å². The largest absolute Gasteiger partial charge is 0.315 e. The Morgan fingerprint density at radius 2 is 2.42 bits per heavy atom. The summed E-state index contributed by atoms with van der Waals surface area (Å²) in [7, 11) is 0. The second kappa shape index (κ2) is 5.10. The zero-order valence-corrected chi connectivity index (χ0v) is 8.97. The molecule has 0 aliphatic carbocycles. The fraction of sp³-hybridized carbons (Fsp3) is 1.00. The second-order valence-corrected chi connectivity index (χ2v) is 5.00. The fourth-order valence-corrected chi connectivity index (χ4v) is 2.07. The molecule has 0 bridgehead atoms. The van der Waals surface area contributed by atoms with Gasteiger partial charge in [0.15, 0.2) is 0 Å². The highest BCUT2D eigenvalue weighted by molar-refractivity contribution is 7.99. The maximum atomic E-state index is 3.61. The van der Waals surface area contributed by atoms with Crippen LogP contribution < -0.4 is 10.6 Å². The summed E-state index contributed by atoms with van der Waals surface area (Å²) in [6.07, 6.45) is 1.27. The van der Waals surface area contributed by atoms with E-state index < -0.39 is 0 Å². The smallest absolute Gasteiger partial charge is 0.0290 e. The van der Waals surface area contributed by atoms with Crippen molar-refractivity contribution in [2.45, 2.75) is 25.8 Å². The highest BCUT2D eigenvalue weighted by Crippen LogP contribution is 2.12. The van der Waals surface area contributed by atoms with Crippen LogP contribution in [-0.2, 0) is 0 Å². The molecule has 1 rings (SSSR count). The molecule has 0 amide bonds. The van der Waals surface area contributed by atoms with Gasteiger partial charge < -0.3 is 10.6 Å². The normalized spacial score (nSPS) is 29.5. The van der Waals surface area contributed by atoms with Crippen LogP contribution in [0.15, 0.2) is 0 Å². The van der Waals surface area contributed by atoms with Crippen LogP contribution in [0.5, 0.6) is 0 Å². The standard InChI is InChI=1S/C9H20N2S/c1-3-12-7-6-11-9(2)4-5-10-8-9/h10-11H,3-8H2,1-2H3. The van der Waals surface area contributed by atoms with Crippen LogP contribution in [-0.4, -0.2) is 36.7 Å².